The maximum Gasteiger partial charge on any atom is 0.223 e. The quantitative estimate of drug-likeness (QED) is 0.899. The predicted molar refractivity (Wildman–Crippen MR) is 70.5 cm³/mol. The Bertz CT molecular complexity index is 531. The van der Waals surface area contributed by atoms with Crippen LogP contribution in [-0.2, 0) is 6.54 Å². The number of pyridine rings is 2. The fraction of sp³-hybridized carbons (Fsp3) is 0.286. The van der Waals surface area contributed by atoms with Crippen LogP contribution in [0.25, 0.3) is 0 Å². The normalized spacial score (nSPS) is 10.7. The first kappa shape index (κ1) is 13.4. The highest BCUT2D eigenvalue weighted by molar-refractivity contribution is 5.31. The molecule has 0 aromatic carbocycles. The Labute approximate surface area is 111 Å². The molecule has 2 aromatic rings. The lowest BCUT2D eigenvalue weighted by Gasteiger charge is -2.12. The SMILES string of the molecule is CC(C)NCc1cc(F)cnc1Oc1cccnc1. The summed E-state index contributed by atoms with van der Waals surface area (Å²) in [5.74, 6) is 0.592. The van der Waals surface area contributed by atoms with Gasteiger partial charge in [-0.2, -0.15) is 0 Å². The smallest absolute Gasteiger partial charge is 0.223 e. The number of nitrogens with one attached hydrogen (secondary N) is 1. The molecule has 0 aliphatic carbocycles. The summed E-state index contributed by atoms with van der Waals surface area (Å²) in [7, 11) is 0. The van der Waals surface area contributed by atoms with Crippen LogP contribution in [0.2, 0.25) is 0 Å². The summed E-state index contributed by atoms with van der Waals surface area (Å²) in [6.45, 7) is 4.54. The van der Waals surface area contributed by atoms with Crippen LogP contribution < -0.4 is 10.1 Å². The fourth-order valence-electron chi connectivity index (χ4n) is 1.52. The van der Waals surface area contributed by atoms with Crippen molar-refractivity contribution in [2.45, 2.75) is 26.4 Å². The summed E-state index contributed by atoms with van der Waals surface area (Å²) in [5, 5.41) is 3.21. The first-order chi connectivity index (χ1) is 9.15. The molecule has 5 heteroatoms. The molecule has 0 saturated heterocycles. The Balaban J connectivity index is 2.19. The van der Waals surface area contributed by atoms with Crippen molar-refractivity contribution >= 4 is 0 Å². The lowest BCUT2D eigenvalue weighted by molar-refractivity contribution is 0.444. The van der Waals surface area contributed by atoms with Crippen LogP contribution in [0.3, 0.4) is 0 Å². The molecule has 2 rings (SSSR count). The highest BCUT2D eigenvalue weighted by Crippen LogP contribution is 2.22. The van der Waals surface area contributed by atoms with Gasteiger partial charge in [0.2, 0.25) is 5.88 Å². The highest BCUT2D eigenvalue weighted by atomic mass is 19.1. The van der Waals surface area contributed by atoms with Crippen LogP contribution in [0, 0.1) is 5.82 Å². The maximum atomic E-state index is 13.3. The van der Waals surface area contributed by atoms with Gasteiger partial charge in [0, 0.05) is 24.3 Å². The summed E-state index contributed by atoms with van der Waals surface area (Å²) in [6, 6.07) is 5.27. The van der Waals surface area contributed by atoms with E-state index >= 15 is 0 Å². The zero-order valence-corrected chi connectivity index (χ0v) is 10.9. The Morgan fingerprint density at radius 1 is 1.37 bits per heavy atom. The molecular weight excluding hydrogens is 245 g/mol. The van der Waals surface area contributed by atoms with Gasteiger partial charge >= 0.3 is 0 Å². The van der Waals surface area contributed by atoms with Gasteiger partial charge < -0.3 is 10.1 Å². The number of ether oxygens (including phenoxy) is 1. The number of hydrogen-bond donors (Lipinski definition) is 1. The van der Waals surface area contributed by atoms with E-state index < -0.39 is 0 Å². The second-order valence-corrected chi connectivity index (χ2v) is 4.44. The van der Waals surface area contributed by atoms with E-state index in [2.05, 4.69) is 15.3 Å². The first-order valence-corrected chi connectivity index (χ1v) is 6.11. The van der Waals surface area contributed by atoms with E-state index in [-0.39, 0.29) is 5.82 Å². The highest BCUT2D eigenvalue weighted by Gasteiger charge is 2.09. The van der Waals surface area contributed by atoms with Gasteiger partial charge in [-0.1, -0.05) is 13.8 Å². The molecule has 0 bridgehead atoms. The maximum absolute atomic E-state index is 13.3. The Morgan fingerprint density at radius 2 is 2.21 bits per heavy atom. The van der Waals surface area contributed by atoms with Crippen molar-refractivity contribution in [2.24, 2.45) is 0 Å². The largest absolute Gasteiger partial charge is 0.437 e. The van der Waals surface area contributed by atoms with Crippen LogP contribution in [0.15, 0.2) is 36.8 Å². The van der Waals surface area contributed by atoms with E-state index in [1.54, 1.807) is 24.5 Å². The van der Waals surface area contributed by atoms with Crippen molar-refractivity contribution in [2.75, 3.05) is 0 Å². The van der Waals surface area contributed by atoms with Gasteiger partial charge in [-0.25, -0.2) is 9.37 Å². The summed E-state index contributed by atoms with van der Waals surface area (Å²) >= 11 is 0. The summed E-state index contributed by atoms with van der Waals surface area (Å²) in [5.41, 5.74) is 0.678. The van der Waals surface area contributed by atoms with E-state index in [0.717, 1.165) is 6.20 Å². The molecule has 0 aliphatic heterocycles. The Hall–Kier alpha value is -2.01. The van der Waals surface area contributed by atoms with Crippen molar-refractivity contribution in [3.63, 3.8) is 0 Å². The zero-order chi connectivity index (χ0) is 13.7. The monoisotopic (exact) mass is 261 g/mol. The number of aromatic nitrogens is 2. The first-order valence-electron chi connectivity index (χ1n) is 6.11. The van der Waals surface area contributed by atoms with Gasteiger partial charge in [-0.15, -0.1) is 0 Å². The van der Waals surface area contributed by atoms with E-state index in [1.165, 1.54) is 6.07 Å². The molecule has 1 N–H and O–H groups in total. The van der Waals surface area contributed by atoms with Crippen LogP contribution in [-0.4, -0.2) is 16.0 Å². The molecule has 0 aliphatic rings. The molecule has 2 aromatic heterocycles. The Kier molecular flexibility index (Phi) is 4.41. The molecule has 0 amide bonds. The van der Waals surface area contributed by atoms with E-state index in [9.17, 15) is 4.39 Å². The summed E-state index contributed by atoms with van der Waals surface area (Å²) in [4.78, 5) is 7.95. The molecular formula is C14H16FN3O. The average Bonchev–Trinajstić information content (AvgIpc) is 2.40. The third-order valence-electron chi connectivity index (χ3n) is 2.44. The minimum absolute atomic E-state index is 0.300. The van der Waals surface area contributed by atoms with Crippen LogP contribution in [0.5, 0.6) is 11.6 Å². The van der Waals surface area contributed by atoms with Crippen molar-refractivity contribution in [3.05, 3.63) is 48.2 Å². The van der Waals surface area contributed by atoms with Gasteiger partial charge in [0.05, 0.1) is 12.4 Å². The topological polar surface area (TPSA) is 47.0 Å². The third-order valence-corrected chi connectivity index (χ3v) is 2.44. The number of halogens is 1. The zero-order valence-electron chi connectivity index (χ0n) is 10.9. The van der Waals surface area contributed by atoms with E-state index in [1.807, 2.05) is 13.8 Å². The van der Waals surface area contributed by atoms with Crippen molar-refractivity contribution in [1.82, 2.24) is 15.3 Å². The molecule has 2 heterocycles. The van der Waals surface area contributed by atoms with Crippen molar-refractivity contribution in [3.8, 4) is 11.6 Å². The molecule has 0 unspecified atom stereocenters. The standard InChI is InChI=1S/C14H16FN3O/c1-10(2)17-7-11-6-12(15)8-18-14(11)19-13-4-3-5-16-9-13/h3-6,8-10,17H,7H2,1-2H3. The molecule has 0 radical (unpaired) electrons. The molecule has 100 valence electrons. The predicted octanol–water partition coefficient (Wildman–Crippen LogP) is 2.91. The van der Waals surface area contributed by atoms with Crippen LogP contribution in [0.1, 0.15) is 19.4 Å². The lowest BCUT2D eigenvalue weighted by Crippen LogP contribution is -2.22. The number of nitrogens with zero attached hydrogens (tertiary/aromatic N) is 2. The average molecular weight is 261 g/mol. The number of hydrogen-bond acceptors (Lipinski definition) is 4. The minimum Gasteiger partial charge on any atom is -0.437 e. The van der Waals surface area contributed by atoms with E-state index in [4.69, 9.17) is 4.74 Å². The van der Waals surface area contributed by atoms with Crippen LogP contribution >= 0.6 is 0 Å². The summed E-state index contributed by atoms with van der Waals surface area (Å²) in [6.07, 6.45) is 4.39. The van der Waals surface area contributed by atoms with Gasteiger partial charge in [0.15, 0.2) is 0 Å². The van der Waals surface area contributed by atoms with Gasteiger partial charge in [-0.05, 0) is 18.2 Å². The fourth-order valence-corrected chi connectivity index (χ4v) is 1.52. The van der Waals surface area contributed by atoms with Crippen molar-refractivity contribution in [1.29, 1.82) is 0 Å². The molecule has 0 fully saturated rings. The third kappa shape index (κ3) is 3.99. The van der Waals surface area contributed by atoms with Crippen LogP contribution in [0.4, 0.5) is 4.39 Å². The minimum atomic E-state index is -0.376. The lowest BCUT2D eigenvalue weighted by atomic mass is 10.2. The Morgan fingerprint density at radius 3 is 2.89 bits per heavy atom. The summed E-state index contributed by atoms with van der Waals surface area (Å²) < 4.78 is 18.9. The second-order valence-electron chi connectivity index (χ2n) is 4.44. The molecule has 0 saturated carbocycles. The molecule has 0 atom stereocenters. The van der Waals surface area contributed by atoms with Gasteiger partial charge in [0.25, 0.3) is 0 Å². The number of rotatable bonds is 5. The molecule has 0 spiro atoms. The molecule has 19 heavy (non-hydrogen) atoms. The van der Waals surface area contributed by atoms with Gasteiger partial charge in [-0.3, -0.25) is 4.98 Å². The second kappa shape index (κ2) is 6.24. The van der Waals surface area contributed by atoms with E-state index in [0.29, 0.717) is 29.8 Å². The van der Waals surface area contributed by atoms with Gasteiger partial charge in [0.1, 0.15) is 11.6 Å². The van der Waals surface area contributed by atoms with Crippen molar-refractivity contribution < 1.29 is 9.13 Å². The molecule has 4 nitrogen and oxygen atoms in total.